The first-order valence-electron chi connectivity index (χ1n) is 16.6. The summed E-state index contributed by atoms with van der Waals surface area (Å²) in [7, 11) is 3.45. The molecule has 1 N–H and O–H groups in total. The van der Waals surface area contributed by atoms with Gasteiger partial charge in [0.05, 0.1) is 12.5 Å². The smallest absolute Gasteiger partial charge is 0.259 e. The highest BCUT2D eigenvalue weighted by molar-refractivity contribution is 6.05. The molecule has 11 heteroatoms. The van der Waals surface area contributed by atoms with E-state index in [1.165, 1.54) is 5.56 Å². The number of benzene rings is 2. The lowest BCUT2D eigenvalue weighted by atomic mass is 9.71. The van der Waals surface area contributed by atoms with Crippen LogP contribution in [0.15, 0.2) is 65.8 Å². The molecular formula is C37H38N6O5. The van der Waals surface area contributed by atoms with Crippen LogP contribution in [-0.2, 0) is 29.7 Å². The first-order valence-corrected chi connectivity index (χ1v) is 16.6. The number of anilines is 1. The number of amides is 3. The molecule has 6 heterocycles. The van der Waals surface area contributed by atoms with E-state index in [1.54, 1.807) is 36.0 Å². The van der Waals surface area contributed by atoms with Gasteiger partial charge in [0.15, 0.2) is 0 Å². The highest BCUT2D eigenvalue weighted by Crippen LogP contribution is 2.44. The molecule has 0 aliphatic carbocycles. The van der Waals surface area contributed by atoms with Crippen LogP contribution in [0.1, 0.15) is 47.2 Å². The van der Waals surface area contributed by atoms with E-state index in [0.717, 1.165) is 79.1 Å². The zero-order valence-corrected chi connectivity index (χ0v) is 27.2. The first-order chi connectivity index (χ1) is 23.2. The summed E-state index contributed by atoms with van der Waals surface area (Å²) >= 11 is 0. The zero-order chi connectivity index (χ0) is 33.2. The van der Waals surface area contributed by atoms with E-state index in [1.807, 2.05) is 30.5 Å². The van der Waals surface area contributed by atoms with Gasteiger partial charge in [-0.1, -0.05) is 6.07 Å². The van der Waals surface area contributed by atoms with E-state index in [0.29, 0.717) is 23.9 Å². The van der Waals surface area contributed by atoms with Crippen LogP contribution in [0.25, 0.3) is 21.9 Å². The maximum atomic E-state index is 13.3. The summed E-state index contributed by atoms with van der Waals surface area (Å²) in [5.41, 5.74) is 5.98. The Bertz CT molecular complexity index is 2040. The minimum Gasteiger partial charge on any atom is -0.497 e. The lowest BCUT2D eigenvalue weighted by Gasteiger charge is -2.55. The Morgan fingerprint density at radius 1 is 0.979 bits per heavy atom. The fourth-order valence-corrected chi connectivity index (χ4v) is 8.01. The van der Waals surface area contributed by atoms with Gasteiger partial charge in [0.1, 0.15) is 11.8 Å². The SMILES string of the molecule is COc1cc(CN2CCC3(CC2)CN(c2ccc4c(c2)C(=O)N(C2CCC(=O)NC2=O)C4)C3)cc(-c2cn(C)c(=O)c3cnccc23)c1. The van der Waals surface area contributed by atoms with Gasteiger partial charge in [0, 0.05) is 80.5 Å². The fourth-order valence-electron chi connectivity index (χ4n) is 8.01. The molecule has 1 spiro atoms. The monoisotopic (exact) mass is 646 g/mol. The van der Waals surface area contributed by atoms with Crippen LogP contribution < -0.4 is 20.5 Å². The molecule has 48 heavy (non-hydrogen) atoms. The average molecular weight is 647 g/mol. The number of aromatic nitrogens is 2. The molecule has 0 bridgehead atoms. The molecule has 1 unspecified atom stereocenters. The summed E-state index contributed by atoms with van der Waals surface area (Å²) in [6, 6.07) is 13.7. The van der Waals surface area contributed by atoms with Crippen molar-refractivity contribution in [2.45, 2.75) is 44.8 Å². The predicted molar refractivity (Wildman–Crippen MR) is 181 cm³/mol. The number of carbonyl (C=O) groups excluding carboxylic acids is 3. The van der Waals surface area contributed by atoms with E-state index in [4.69, 9.17) is 4.74 Å². The summed E-state index contributed by atoms with van der Waals surface area (Å²) in [5.74, 6) is -0.00676. The van der Waals surface area contributed by atoms with E-state index in [-0.39, 0.29) is 35.1 Å². The molecule has 11 nitrogen and oxygen atoms in total. The second kappa shape index (κ2) is 11.6. The van der Waals surface area contributed by atoms with Gasteiger partial charge < -0.3 is 19.1 Å². The second-order valence-electron chi connectivity index (χ2n) is 13.8. The number of hydrogen-bond acceptors (Lipinski definition) is 8. The molecular weight excluding hydrogens is 608 g/mol. The number of fused-ring (bicyclic) bond motifs is 2. The Morgan fingerprint density at radius 3 is 2.56 bits per heavy atom. The Labute approximate surface area is 278 Å². The minimum atomic E-state index is -0.599. The molecule has 0 saturated carbocycles. The van der Waals surface area contributed by atoms with Gasteiger partial charge in [-0.25, -0.2) is 0 Å². The van der Waals surface area contributed by atoms with Crippen molar-refractivity contribution < 1.29 is 19.1 Å². The molecule has 3 amide bonds. The van der Waals surface area contributed by atoms with Crippen LogP contribution in [0, 0.1) is 5.41 Å². The van der Waals surface area contributed by atoms with Crippen molar-refractivity contribution in [3.05, 3.63) is 88.1 Å². The molecule has 4 aromatic rings. The molecule has 8 rings (SSSR count). The number of methoxy groups -OCH3 is 1. The molecule has 0 radical (unpaired) electrons. The van der Waals surface area contributed by atoms with Gasteiger partial charge in [0.25, 0.3) is 11.5 Å². The average Bonchev–Trinajstić information content (AvgIpc) is 3.40. The molecule has 2 aromatic carbocycles. The van der Waals surface area contributed by atoms with Crippen molar-refractivity contribution in [2.75, 3.05) is 38.2 Å². The largest absolute Gasteiger partial charge is 0.497 e. The van der Waals surface area contributed by atoms with Crippen molar-refractivity contribution in [2.24, 2.45) is 12.5 Å². The van der Waals surface area contributed by atoms with Crippen LogP contribution in [0.4, 0.5) is 5.69 Å². The van der Waals surface area contributed by atoms with Crippen LogP contribution in [0.5, 0.6) is 5.75 Å². The number of imide groups is 1. The fraction of sp³-hybridized carbons (Fsp3) is 0.378. The van der Waals surface area contributed by atoms with Crippen molar-refractivity contribution in [1.82, 2.24) is 24.7 Å². The number of piperidine rings is 2. The number of nitrogens with one attached hydrogen (secondary N) is 1. The van der Waals surface area contributed by atoms with E-state index in [2.05, 4.69) is 38.3 Å². The molecule has 246 valence electrons. The Hall–Kier alpha value is -5.03. The molecule has 3 saturated heterocycles. The van der Waals surface area contributed by atoms with Crippen molar-refractivity contribution >= 4 is 34.2 Å². The number of aryl methyl sites for hydroxylation is 1. The molecule has 3 fully saturated rings. The topological polar surface area (TPSA) is 117 Å². The summed E-state index contributed by atoms with van der Waals surface area (Å²) in [6.45, 7) is 5.13. The Balaban J connectivity index is 0.919. The number of hydrogen-bond donors (Lipinski definition) is 1. The number of pyridine rings is 2. The standard InChI is InChI=1S/C37H38N6O5/c1-40-20-31(28-7-10-38-17-30(28)35(40)46)25-13-23(14-27(15-25)48-2)18-41-11-8-37(9-12-41)21-42(22-37)26-4-3-24-19-43(36(47)29(24)16-26)32-5-6-33(44)39-34(32)45/h3-4,7,10,13-17,20,32H,5-6,8-9,11-12,18-19,21-22H2,1-2H3,(H,39,44,45). The van der Waals surface area contributed by atoms with Gasteiger partial charge in [-0.3, -0.25) is 34.4 Å². The van der Waals surface area contributed by atoms with Crippen LogP contribution >= 0.6 is 0 Å². The Morgan fingerprint density at radius 2 is 1.79 bits per heavy atom. The molecule has 1 atom stereocenters. The summed E-state index contributed by atoms with van der Waals surface area (Å²) in [4.78, 5) is 60.8. The minimum absolute atomic E-state index is 0.0668. The van der Waals surface area contributed by atoms with Gasteiger partial charge in [0.2, 0.25) is 11.8 Å². The lowest BCUT2D eigenvalue weighted by molar-refractivity contribution is -0.136. The first kappa shape index (κ1) is 30.3. The summed E-state index contributed by atoms with van der Waals surface area (Å²) in [5, 5.41) is 3.84. The maximum Gasteiger partial charge on any atom is 0.259 e. The van der Waals surface area contributed by atoms with E-state index in [9.17, 15) is 19.2 Å². The predicted octanol–water partition coefficient (Wildman–Crippen LogP) is 3.47. The van der Waals surface area contributed by atoms with Crippen molar-refractivity contribution in [1.29, 1.82) is 0 Å². The second-order valence-corrected chi connectivity index (χ2v) is 13.8. The van der Waals surface area contributed by atoms with Crippen molar-refractivity contribution in [3.8, 4) is 16.9 Å². The molecule has 4 aliphatic rings. The van der Waals surface area contributed by atoms with E-state index < -0.39 is 6.04 Å². The van der Waals surface area contributed by atoms with Gasteiger partial charge >= 0.3 is 0 Å². The lowest BCUT2D eigenvalue weighted by Crippen LogP contribution is -2.60. The van der Waals surface area contributed by atoms with Gasteiger partial charge in [-0.15, -0.1) is 0 Å². The Kier molecular flexibility index (Phi) is 7.32. The number of carbonyl (C=O) groups is 3. The van der Waals surface area contributed by atoms with Crippen molar-refractivity contribution in [3.63, 3.8) is 0 Å². The van der Waals surface area contributed by atoms with Crippen LogP contribution in [0.2, 0.25) is 0 Å². The van der Waals surface area contributed by atoms with Crippen LogP contribution in [-0.4, -0.2) is 76.4 Å². The third kappa shape index (κ3) is 5.22. The summed E-state index contributed by atoms with van der Waals surface area (Å²) < 4.78 is 7.32. The third-order valence-corrected chi connectivity index (χ3v) is 10.8. The molecule has 2 aromatic heterocycles. The van der Waals surface area contributed by atoms with E-state index >= 15 is 0 Å². The normalized spacial score (nSPS) is 20.6. The number of rotatable bonds is 6. The zero-order valence-electron chi connectivity index (χ0n) is 27.2. The number of likely N-dealkylation sites (tertiary alicyclic amines) is 1. The van der Waals surface area contributed by atoms with Crippen LogP contribution in [0.3, 0.4) is 0 Å². The highest BCUT2D eigenvalue weighted by Gasteiger charge is 2.45. The van der Waals surface area contributed by atoms with Gasteiger partial charge in [-0.05, 0) is 90.8 Å². The quantitative estimate of drug-likeness (QED) is 0.317. The third-order valence-electron chi connectivity index (χ3n) is 10.8. The number of nitrogens with zero attached hydrogens (tertiary/aromatic N) is 5. The van der Waals surface area contributed by atoms with Gasteiger partial charge in [-0.2, -0.15) is 0 Å². The number of ether oxygens (including phenoxy) is 1. The highest BCUT2D eigenvalue weighted by atomic mass is 16.5. The molecule has 4 aliphatic heterocycles. The maximum absolute atomic E-state index is 13.3. The summed E-state index contributed by atoms with van der Waals surface area (Å²) in [6.07, 6.45) is 8.07.